The Morgan fingerprint density at radius 1 is 0.826 bits per heavy atom. The minimum atomic E-state index is 0.111. The second-order valence-corrected chi connectivity index (χ2v) is 7.14. The summed E-state index contributed by atoms with van der Waals surface area (Å²) in [6, 6.07) is 0.799. The van der Waals surface area contributed by atoms with E-state index < -0.39 is 0 Å². The monoisotopic (exact) mass is 322 g/mol. The molecule has 0 radical (unpaired) electrons. The molecule has 0 N–H and O–H groups in total. The molecule has 2 aliphatic heterocycles. The molecule has 130 valence electrons. The highest BCUT2D eigenvalue weighted by Crippen LogP contribution is 2.24. The van der Waals surface area contributed by atoms with Crippen molar-refractivity contribution in [3.05, 3.63) is 0 Å². The van der Waals surface area contributed by atoms with Gasteiger partial charge in [-0.05, 0) is 12.8 Å². The maximum atomic E-state index is 12.4. The highest BCUT2D eigenvalue weighted by atomic mass is 16.2. The van der Waals surface area contributed by atoms with Crippen molar-refractivity contribution in [1.29, 1.82) is 0 Å². The van der Waals surface area contributed by atoms with Crippen LogP contribution in [0.25, 0.3) is 0 Å². The van der Waals surface area contributed by atoms with Crippen molar-refractivity contribution in [2.24, 2.45) is 0 Å². The number of piperazine rings is 2. The van der Waals surface area contributed by atoms with Crippen LogP contribution in [0, 0.1) is 0 Å². The Labute approximate surface area is 139 Å². The second-order valence-electron chi connectivity index (χ2n) is 7.14. The van der Waals surface area contributed by atoms with Gasteiger partial charge >= 0.3 is 0 Å². The van der Waals surface area contributed by atoms with E-state index in [4.69, 9.17) is 0 Å². The predicted molar refractivity (Wildman–Crippen MR) is 89.1 cm³/mol. The van der Waals surface area contributed by atoms with E-state index >= 15 is 0 Å². The summed E-state index contributed by atoms with van der Waals surface area (Å²) in [5, 5.41) is 0. The van der Waals surface area contributed by atoms with E-state index in [0.29, 0.717) is 32.7 Å². The molecule has 0 atom stereocenters. The van der Waals surface area contributed by atoms with Crippen molar-refractivity contribution in [3.8, 4) is 0 Å². The van der Waals surface area contributed by atoms with Gasteiger partial charge in [0, 0.05) is 65.3 Å². The molecule has 3 fully saturated rings. The van der Waals surface area contributed by atoms with Gasteiger partial charge in [0.25, 0.3) is 0 Å². The standard InChI is InChI=1S/C17H30N4O2/c1-15(22)19-10-12-21(13-11-19)17(23)14-18-6-8-20(9-7-18)16-4-2-3-5-16/h16H,2-14H2,1H3. The molecule has 6 nitrogen and oxygen atoms in total. The molecule has 1 saturated carbocycles. The average Bonchev–Trinajstić information content (AvgIpc) is 3.10. The summed E-state index contributed by atoms with van der Waals surface area (Å²) in [5.41, 5.74) is 0. The Balaban J connectivity index is 1.38. The van der Waals surface area contributed by atoms with E-state index in [1.807, 2.05) is 9.80 Å². The summed E-state index contributed by atoms with van der Waals surface area (Å²) in [5.74, 6) is 0.336. The summed E-state index contributed by atoms with van der Waals surface area (Å²) in [6.07, 6.45) is 5.49. The molecule has 2 heterocycles. The molecule has 23 heavy (non-hydrogen) atoms. The number of rotatable bonds is 3. The Bertz CT molecular complexity index is 420. The third-order valence-corrected chi connectivity index (χ3v) is 5.68. The Morgan fingerprint density at radius 3 is 1.96 bits per heavy atom. The molecule has 0 aromatic rings. The zero-order chi connectivity index (χ0) is 16.2. The first-order valence-corrected chi connectivity index (χ1v) is 9.13. The molecule has 2 amide bonds. The molecule has 0 spiro atoms. The highest BCUT2D eigenvalue weighted by Gasteiger charge is 2.28. The molecule has 0 aromatic carbocycles. The first kappa shape index (κ1) is 16.7. The minimum Gasteiger partial charge on any atom is -0.339 e. The third-order valence-electron chi connectivity index (χ3n) is 5.68. The van der Waals surface area contributed by atoms with E-state index in [0.717, 1.165) is 32.2 Å². The Hall–Kier alpha value is -1.14. The van der Waals surface area contributed by atoms with Crippen LogP contribution in [0.2, 0.25) is 0 Å². The second kappa shape index (κ2) is 7.62. The van der Waals surface area contributed by atoms with Crippen LogP contribution >= 0.6 is 0 Å². The quantitative estimate of drug-likeness (QED) is 0.747. The van der Waals surface area contributed by atoms with E-state index in [2.05, 4.69) is 9.80 Å². The van der Waals surface area contributed by atoms with E-state index in [-0.39, 0.29) is 11.8 Å². The normalized spacial score (nSPS) is 25.1. The van der Waals surface area contributed by atoms with Gasteiger partial charge < -0.3 is 9.80 Å². The lowest BCUT2D eigenvalue weighted by Gasteiger charge is -2.39. The van der Waals surface area contributed by atoms with Crippen LogP contribution in [0.15, 0.2) is 0 Å². The van der Waals surface area contributed by atoms with Crippen molar-refractivity contribution < 1.29 is 9.59 Å². The lowest BCUT2D eigenvalue weighted by molar-refractivity contribution is -0.139. The molecular weight excluding hydrogens is 292 g/mol. The van der Waals surface area contributed by atoms with Crippen LogP contribution in [0.4, 0.5) is 0 Å². The van der Waals surface area contributed by atoms with Gasteiger partial charge in [0.05, 0.1) is 6.54 Å². The predicted octanol–water partition coefficient (Wildman–Crippen LogP) is 0.237. The Morgan fingerprint density at radius 2 is 1.39 bits per heavy atom. The summed E-state index contributed by atoms with van der Waals surface area (Å²) in [4.78, 5) is 32.5. The number of nitrogens with zero attached hydrogens (tertiary/aromatic N) is 4. The summed E-state index contributed by atoms with van der Waals surface area (Å²) in [6.45, 7) is 9.09. The highest BCUT2D eigenvalue weighted by molar-refractivity contribution is 5.79. The van der Waals surface area contributed by atoms with Gasteiger partial charge in [-0.2, -0.15) is 0 Å². The van der Waals surface area contributed by atoms with Crippen LogP contribution < -0.4 is 0 Å². The SMILES string of the molecule is CC(=O)N1CCN(C(=O)CN2CCN(C3CCCC3)CC2)CC1. The topological polar surface area (TPSA) is 47.1 Å². The van der Waals surface area contributed by atoms with Crippen LogP contribution in [0.5, 0.6) is 0 Å². The number of carbonyl (C=O) groups excluding carboxylic acids is 2. The maximum absolute atomic E-state index is 12.4. The minimum absolute atomic E-state index is 0.111. The molecule has 1 aliphatic carbocycles. The molecular formula is C17H30N4O2. The van der Waals surface area contributed by atoms with Gasteiger partial charge in [-0.25, -0.2) is 0 Å². The van der Waals surface area contributed by atoms with Gasteiger partial charge in [0.15, 0.2) is 0 Å². The van der Waals surface area contributed by atoms with Crippen molar-refractivity contribution in [3.63, 3.8) is 0 Å². The fraction of sp³-hybridized carbons (Fsp3) is 0.882. The van der Waals surface area contributed by atoms with Crippen molar-refractivity contribution in [2.75, 3.05) is 58.9 Å². The zero-order valence-corrected chi connectivity index (χ0v) is 14.4. The molecule has 0 unspecified atom stereocenters. The first-order valence-electron chi connectivity index (χ1n) is 9.13. The fourth-order valence-corrected chi connectivity index (χ4v) is 4.12. The third kappa shape index (κ3) is 4.23. The largest absolute Gasteiger partial charge is 0.339 e. The van der Waals surface area contributed by atoms with Crippen LogP contribution in [0.1, 0.15) is 32.6 Å². The maximum Gasteiger partial charge on any atom is 0.236 e. The molecule has 0 bridgehead atoms. The Kier molecular flexibility index (Phi) is 5.54. The molecule has 3 aliphatic rings. The van der Waals surface area contributed by atoms with E-state index in [9.17, 15) is 9.59 Å². The lowest BCUT2D eigenvalue weighted by atomic mass is 10.2. The average molecular weight is 322 g/mol. The van der Waals surface area contributed by atoms with Gasteiger partial charge in [0.1, 0.15) is 0 Å². The van der Waals surface area contributed by atoms with Crippen LogP contribution in [0.3, 0.4) is 0 Å². The number of amides is 2. The van der Waals surface area contributed by atoms with E-state index in [1.165, 1.54) is 25.7 Å². The van der Waals surface area contributed by atoms with Gasteiger partial charge in [0.2, 0.25) is 11.8 Å². The van der Waals surface area contributed by atoms with Crippen molar-refractivity contribution in [1.82, 2.24) is 19.6 Å². The van der Waals surface area contributed by atoms with E-state index in [1.54, 1.807) is 6.92 Å². The number of hydrogen-bond donors (Lipinski definition) is 0. The molecule has 3 rings (SSSR count). The van der Waals surface area contributed by atoms with Crippen LogP contribution in [-0.2, 0) is 9.59 Å². The summed E-state index contributed by atoms with van der Waals surface area (Å²) in [7, 11) is 0. The zero-order valence-electron chi connectivity index (χ0n) is 14.4. The summed E-state index contributed by atoms with van der Waals surface area (Å²) >= 11 is 0. The fourth-order valence-electron chi connectivity index (χ4n) is 4.12. The van der Waals surface area contributed by atoms with Crippen LogP contribution in [-0.4, -0.2) is 96.4 Å². The van der Waals surface area contributed by atoms with Gasteiger partial charge in [-0.1, -0.05) is 12.8 Å². The lowest BCUT2D eigenvalue weighted by Crippen LogP contribution is -2.55. The number of hydrogen-bond acceptors (Lipinski definition) is 4. The van der Waals surface area contributed by atoms with Gasteiger partial charge in [-0.15, -0.1) is 0 Å². The smallest absolute Gasteiger partial charge is 0.236 e. The number of carbonyl (C=O) groups is 2. The summed E-state index contributed by atoms with van der Waals surface area (Å²) < 4.78 is 0. The molecule has 0 aromatic heterocycles. The first-order chi connectivity index (χ1) is 11.1. The molecule has 2 saturated heterocycles. The van der Waals surface area contributed by atoms with Crippen molar-refractivity contribution in [2.45, 2.75) is 38.6 Å². The van der Waals surface area contributed by atoms with Gasteiger partial charge in [-0.3, -0.25) is 19.4 Å². The molecule has 6 heteroatoms. The van der Waals surface area contributed by atoms with Crippen molar-refractivity contribution >= 4 is 11.8 Å².